The first kappa shape index (κ1) is 12.0. The Kier molecular flexibility index (Phi) is 2.98. The van der Waals surface area contributed by atoms with Crippen molar-refractivity contribution in [2.75, 3.05) is 4.72 Å². The van der Waals surface area contributed by atoms with E-state index in [1.165, 1.54) is 24.5 Å². The Balaban J connectivity index is 2.39. The molecule has 0 aliphatic heterocycles. The molecular formula is C9H8N4O4S. The van der Waals surface area contributed by atoms with E-state index < -0.39 is 16.0 Å². The minimum Gasteiger partial charge on any atom is -0.478 e. The Morgan fingerprint density at radius 1 is 1.33 bits per heavy atom. The van der Waals surface area contributed by atoms with Gasteiger partial charge in [-0.05, 0) is 12.1 Å². The summed E-state index contributed by atoms with van der Waals surface area (Å²) in [7, 11) is -3.90. The van der Waals surface area contributed by atoms with Crippen molar-refractivity contribution >= 4 is 21.7 Å². The molecule has 2 rings (SSSR count). The quantitative estimate of drug-likeness (QED) is 0.732. The summed E-state index contributed by atoms with van der Waals surface area (Å²) in [6.07, 6.45) is 3.66. The number of aromatic amines is 1. The highest BCUT2D eigenvalue weighted by atomic mass is 32.2. The predicted octanol–water partition coefficient (Wildman–Crippen LogP) is 0.304. The Hall–Kier alpha value is -2.42. The normalized spacial score (nSPS) is 11.1. The number of aromatic nitrogens is 3. The summed E-state index contributed by atoms with van der Waals surface area (Å²) in [6.45, 7) is 0. The lowest BCUT2D eigenvalue weighted by molar-refractivity contribution is 0.0698. The molecule has 0 atom stereocenters. The van der Waals surface area contributed by atoms with Crippen LogP contribution in [0.1, 0.15) is 10.4 Å². The SMILES string of the molecule is O=C(O)c1ccncc1NS(=O)(=O)c1ccn[nH]1. The Bertz CT molecular complexity index is 666. The number of carboxylic acid groups (broad SMARTS) is 1. The average Bonchev–Trinajstić information content (AvgIpc) is 2.83. The van der Waals surface area contributed by atoms with Gasteiger partial charge in [0.2, 0.25) is 0 Å². The molecule has 0 aliphatic carbocycles. The van der Waals surface area contributed by atoms with Gasteiger partial charge in [-0.15, -0.1) is 0 Å². The van der Waals surface area contributed by atoms with E-state index in [2.05, 4.69) is 19.9 Å². The molecule has 2 aromatic rings. The molecule has 0 amide bonds. The third kappa shape index (κ3) is 2.30. The van der Waals surface area contributed by atoms with Crippen LogP contribution in [0.5, 0.6) is 0 Å². The van der Waals surface area contributed by atoms with Crippen molar-refractivity contribution in [3.63, 3.8) is 0 Å². The molecule has 94 valence electrons. The number of nitrogens with one attached hydrogen (secondary N) is 2. The van der Waals surface area contributed by atoms with Gasteiger partial charge in [0, 0.05) is 6.20 Å². The highest BCUT2D eigenvalue weighted by Gasteiger charge is 2.19. The number of rotatable bonds is 4. The van der Waals surface area contributed by atoms with Gasteiger partial charge in [-0.1, -0.05) is 0 Å². The number of hydrogen-bond acceptors (Lipinski definition) is 5. The highest BCUT2D eigenvalue weighted by Crippen LogP contribution is 2.17. The van der Waals surface area contributed by atoms with Gasteiger partial charge in [-0.3, -0.25) is 14.8 Å². The number of nitrogens with zero attached hydrogens (tertiary/aromatic N) is 2. The van der Waals surface area contributed by atoms with Crippen LogP contribution in [0.3, 0.4) is 0 Å². The van der Waals surface area contributed by atoms with Gasteiger partial charge >= 0.3 is 5.97 Å². The lowest BCUT2D eigenvalue weighted by Crippen LogP contribution is -2.16. The van der Waals surface area contributed by atoms with Crippen molar-refractivity contribution in [2.24, 2.45) is 0 Å². The van der Waals surface area contributed by atoms with Crippen LogP contribution in [0.25, 0.3) is 0 Å². The number of carbonyl (C=O) groups is 1. The van der Waals surface area contributed by atoms with Crippen LogP contribution in [0.2, 0.25) is 0 Å². The van der Waals surface area contributed by atoms with Gasteiger partial charge in [0.05, 0.1) is 23.6 Å². The minimum absolute atomic E-state index is 0.111. The lowest BCUT2D eigenvalue weighted by Gasteiger charge is -2.07. The number of aromatic carboxylic acids is 1. The topological polar surface area (TPSA) is 125 Å². The van der Waals surface area contributed by atoms with Gasteiger partial charge in [-0.25, -0.2) is 4.79 Å². The molecule has 0 spiro atoms. The van der Waals surface area contributed by atoms with Gasteiger partial charge in [-0.2, -0.15) is 13.5 Å². The standard InChI is InChI=1S/C9H8N4O4S/c14-9(15)6-1-3-10-5-7(6)13-18(16,17)8-2-4-11-12-8/h1-5,13H,(H,11,12)(H,14,15). The summed E-state index contributed by atoms with van der Waals surface area (Å²) in [5.74, 6) is -1.25. The maximum atomic E-state index is 11.8. The fourth-order valence-electron chi connectivity index (χ4n) is 1.25. The van der Waals surface area contributed by atoms with Crippen LogP contribution >= 0.6 is 0 Å². The average molecular weight is 268 g/mol. The largest absolute Gasteiger partial charge is 0.478 e. The first-order valence-electron chi connectivity index (χ1n) is 4.70. The molecule has 0 saturated carbocycles. The molecule has 9 heteroatoms. The Morgan fingerprint density at radius 3 is 2.72 bits per heavy atom. The zero-order chi connectivity index (χ0) is 13.2. The van der Waals surface area contributed by atoms with E-state index in [-0.39, 0.29) is 16.3 Å². The third-order valence-corrected chi connectivity index (χ3v) is 3.36. The van der Waals surface area contributed by atoms with E-state index in [0.29, 0.717) is 0 Å². The maximum Gasteiger partial charge on any atom is 0.337 e. The van der Waals surface area contributed by atoms with E-state index in [4.69, 9.17) is 5.11 Å². The van der Waals surface area contributed by atoms with Crippen LogP contribution < -0.4 is 4.72 Å². The lowest BCUT2D eigenvalue weighted by atomic mass is 10.2. The molecule has 8 nitrogen and oxygen atoms in total. The molecule has 18 heavy (non-hydrogen) atoms. The van der Waals surface area contributed by atoms with E-state index in [0.717, 1.165) is 6.20 Å². The summed E-state index contributed by atoms with van der Waals surface area (Å²) in [6, 6.07) is 2.45. The van der Waals surface area contributed by atoms with Crippen LogP contribution in [-0.4, -0.2) is 34.7 Å². The van der Waals surface area contributed by atoms with E-state index >= 15 is 0 Å². The number of H-pyrrole nitrogens is 1. The monoisotopic (exact) mass is 268 g/mol. The fraction of sp³-hybridized carbons (Fsp3) is 0. The van der Waals surface area contributed by atoms with Crippen molar-refractivity contribution in [3.8, 4) is 0 Å². The Labute approximate surface area is 102 Å². The molecule has 0 bridgehead atoms. The molecule has 0 aliphatic rings. The summed E-state index contributed by atoms with van der Waals surface area (Å²) in [4.78, 5) is 14.6. The minimum atomic E-state index is -3.90. The molecule has 3 N–H and O–H groups in total. The highest BCUT2D eigenvalue weighted by molar-refractivity contribution is 7.92. The number of hydrogen-bond donors (Lipinski definition) is 3. The predicted molar refractivity (Wildman–Crippen MR) is 60.6 cm³/mol. The van der Waals surface area contributed by atoms with E-state index in [1.807, 2.05) is 0 Å². The molecular weight excluding hydrogens is 260 g/mol. The second-order valence-electron chi connectivity index (χ2n) is 3.25. The van der Waals surface area contributed by atoms with Gasteiger partial charge in [0.15, 0.2) is 5.03 Å². The van der Waals surface area contributed by atoms with Crippen molar-refractivity contribution in [1.29, 1.82) is 0 Å². The second kappa shape index (κ2) is 4.45. The molecule has 2 heterocycles. The second-order valence-corrected chi connectivity index (χ2v) is 4.90. The molecule has 0 unspecified atom stereocenters. The molecule has 0 saturated heterocycles. The van der Waals surface area contributed by atoms with Crippen LogP contribution in [-0.2, 0) is 10.0 Å². The molecule has 2 aromatic heterocycles. The first-order chi connectivity index (χ1) is 8.50. The zero-order valence-corrected chi connectivity index (χ0v) is 9.68. The number of carboxylic acids is 1. The summed E-state index contributed by atoms with van der Waals surface area (Å²) >= 11 is 0. The van der Waals surface area contributed by atoms with Crippen molar-refractivity contribution < 1.29 is 18.3 Å². The smallest absolute Gasteiger partial charge is 0.337 e. The maximum absolute atomic E-state index is 11.8. The summed E-state index contributed by atoms with van der Waals surface area (Å²) in [5, 5.41) is 14.5. The van der Waals surface area contributed by atoms with Gasteiger partial charge < -0.3 is 5.11 Å². The number of anilines is 1. The third-order valence-electron chi connectivity index (χ3n) is 2.06. The number of pyridine rings is 1. The molecule has 0 radical (unpaired) electrons. The summed E-state index contributed by atoms with van der Waals surface area (Å²) in [5.41, 5.74) is -0.298. The van der Waals surface area contributed by atoms with E-state index in [1.54, 1.807) is 0 Å². The van der Waals surface area contributed by atoms with Crippen LogP contribution in [0.15, 0.2) is 35.7 Å². The van der Waals surface area contributed by atoms with Gasteiger partial charge in [0.1, 0.15) is 0 Å². The Morgan fingerprint density at radius 2 is 2.11 bits per heavy atom. The zero-order valence-electron chi connectivity index (χ0n) is 8.86. The first-order valence-corrected chi connectivity index (χ1v) is 6.18. The fourth-order valence-corrected chi connectivity index (χ4v) is 2.23. The number of sulfonamides is 1. The van der Waals surface area contributed by atoms with Crippen LogP contribution in [0.4, 0.5) is 5.69 Å². The van der Waals surface area contributed by atoms with Crippen LogP contribution in [0, 0.1) is 0 Å². The van der Waals surface area contributed by atoms with Gasteiger partial charge in [0.25, 0.3) is 10.0 Å². The molecule has 0 aromatic carbocycles. The molecule has 0 fully saturated rings. The van der Waals surface area contributed by atoms with Crippen molar-refractivity contribution in [2.45, 2.75) is 5.03 Å². The van der Waals surface area contributed by atoms with Crippen molar-refractivity contribution in [1.82, 2.24) is 15.2 Å². The summed E-state index contributed by atoms with van der Waals surface area (Å²) < 4.78 is 25.8. The van der Waals surface area contributed by atoms with E-state index in [9.17, 15) is 13.2 Å². The van der Waals surface area contributed by atoms with Crippen molar-refractivity contribution in [3.05, 3.63) is 36.3 Å².